The molecule has 114 valence electrons. The van der Waals surface area contributed by atoms with Crippen LogP contribution in [-0.2, 0) is 11.2 Å². The van der Waals surface area contributed by atoms with E-state index in [1.165, 1.54) is 17.3 Å². The maximum atomic E-state index is 12.9. The molecule has 0 aliphatic carbocycles. The Kier molecular flexibility index (Phi) is 4.43. The van der Waals surface area contributed by atoms with Crippen LogP contribution in [0.5, 0.6) is 0 Å². The van der Waals surface area contributed by atoms with E-state index in [-0.39, 0.29) is 17.2 Å². The van der Waals surface area contributed by atoms with Crippen molar-refractivity contribution in [2.75, 3.05) is 4.90 Å². The summed E-state index contributed by atoms with van der Waals surface area (Å²) in [6.45, 7) is 4.04. The molecule has 0 fully saturated rings. The maximum absolute atomic E-state index is 12.9. The van der Waals surface area contributed by atoms with Crippen LogP contribution in [0.2, 0.25) is 0 Å². The Morgan fingerprint density at radius 1 is 1.27 bits per heavy atom. The fourth-order valence-electron chi connectivity index (χ4n) is 2.77. The van der Waals surface area contributed by atoms with E-state index in [2.05, 4.69) is 23.0 Å². The number of thioether (sulfide) groups is 1. The van der Waals surface area contributed by atoms with E-state index >= 15 is 0 Å². The number of nitrogens with zero attached hydrogens (tertiary/aromatic N) is 3. The number of rotatable bonds is 3. The molecule has 2 aromatic rings. The van der Waals surface area contributed by atoms with Crippen LogP contribution in [0.25, 0.3) is 0 Å². The average molecular weight is 313 g/mol. The first-order valence-electron chi connectivity index (χ1n) is 7.51. The lowest BCUT2D eigenvalue weighted by molar-refractivity contribution is -0.118. The maximum Gasteiger partial charge on any atom is 0.240 e. The highest BCUT2D eigenvalue weighted by Crippen LogP contribution is 2.33. The van der Waals surface area contributed by atoms with Crippen molar-refractivity contribution in [3.05, 3.63) is 48.3 Å². The third kappa shape index (κ3) is 2.99. The highest BCUT2D eigenvalue weighted by atomic mass is 32.2. The van der Waals surface area contributed by atoms with Crippen molar-refractivity contribution in [3.63, 3.8) is 0 Å². The number of anilines is 1. The lowest BCUT2D eigenvalue weighted by Crippen LogP contribution is -2.45. The van der Waals surface area contributed by atoms with Crippen molar-refractivity contribution in [3.8, 4) is 0 Å². The van der Waals surface area contributed by atoms with Gasteiger partial charge in [0.15, 0.2) is 5.16 Å². The number of benzene rings is 1. The predicted molar refractivity (Wildman–Crippen MR) is 89.1 cm³/mol. The van der Waals surface area contributed by atoms with Crippen molar-refractivity contribution < 1.29 is 4.79 Å². The number of carbonyl (C=O) groups excluding carboxylic acids is 1. The molecule has 3 rings (SSSR count). The molecular weight excluding hydrogens is 294 g/mol. The van der Waals surface area contributed by atoms with Crippen LogP contribution in [0.15, 0.2) is 47.9 Å². The molecule has 0 radical (unpaired) electrons. The quantitative estimate of drug-likeness (QED) is 0.644. The van der Waals surface area contributed by atoms with Gasteiger partial charge in [-0.3, -0.25) is 4.79 Å². The molecule has 0 N–H and O–H groups in total. The number of hydrogen-bond donors (Lipinski definition) is 0. The first-order chi connectivity index (χ1) is 10.7. The normalized spacial score (nSPS) is 18.6. The van der Waals surface area contributed by atoms with E-state index in [0.717, 1.165) is 18.5 Å². The Morgan fingerprint density at radius 2 is 2.00 bits per heavy atom. The average Bonchev–Trinajstić information content (AvgIpc) is 2.55. The molecular formula is C17H19N3OS. The largest absolute Gasteiger partial charge is 0.308 e. The van der Waals surface area contributed by atoms with E-state index < -0.39 is 0 Å². The monoisotopic (exact) mass is 313 g/mol. The smallest absolute Gasteiger partial charge is 0.240 e. The van der Waals surface area contributed by atoms with Gasteiger partial charge in [-0.05, 0) is 44.4 Å². The molecule has 1 aromatic carbocycles. The summed E-state index contributed by atoms with van der Waals surface area (Å²) in [5.74, 6) is 0.122. The number of aryl methyl sites for hydroxylation is 1. The third-order valence-electron chi connectivity index (χ3n) is 3.93. The lowest BCUT2D eigenvalue weighted by Gasteiger charge is -2.36. The molecule has 1 aliphatic rings. The molecule has 2 heterocycles. The van der Waals surface area contributed by atoms with Gasteiger partial charge in [-0.25, -0.2) is 9.97 Å². The Morgan fingerprint density at radius 3 is 2.77 bits per heavy atom. The standard InChI is InChI=1S/C17H19N3OS/c1-12-8-9-14-6-3-4-7-15(14)20(12)16(21)13(2)22-17-18-10-5-11-19-17/h3-7,10-13H,8-9H2,1-2H3/t12-,13+/m0/s1. The van der Waals surface area contributed by atoms with Gasteiger partial charge in [-0.15, -0.1) is 0 Å². The molecule has 0 bridgehead atoms. The van der Waals surface area contributed by atoms with Gasteiger partial charge in [0.2, 0.25) is 5.91 Å². The number of hydrogen-bond acceptors (Lipinski definition) is 4. The van der Waals surface area contributed by atoms with Gasteiger partial charge in [0.05, 0.1) is 5.25 Å². The van der Waals surface area contributed by atoms with E-state index in [1.807, 2.05) is 30.0 Å². The van der Waals surface area contributed by atoms with Crippen LogP contribution in [0.3, 0.4) is 0 Å². The van der Waals surface area contributed by atoms with Gasteiger partial charge < -0.3 is 4.90 Å². The SMILES string of the molecule is C[C@@H](Sc1ncccn1)C(=O)N1c2ccccc2CC[C@@H]1C. The fourth-order valence-corrected chi connectivity index (χ4v) is 3.55. The summed E-state index contributed by atoms with van der Waals surface area (Å²) >= 11 is 1.41. The molecule has 0 spiro atoms. The van der Waals surface area contributed by atoms with Crippen LogP contribution in [-0.4, -0.2) is 27.2 Å². The molecule has 2 atom stereocenters. The Bertz CT molecular complexity index is 662. The number of carbonyl (C=O) groups is 1. The van der Waals surface area contributed by atoms with Crippen molar-refractivity contribution in [1.29, 1.82) is 0 Å². The molecule has 5 heteroatoms. The second kappa shape index (κ2) is 6.48. The Labute approximate surface area is 135 Å². The summed E-state index contributed by atoms with van der Waals surface area (Å²) < 4.78 is 0. The minimum Gasteiger partial charge on any atom is -0.308 e. The van der Waals surface area contributed by atoms with Gasteiger partial charge in [0.1, 0.15) is 0 Å². The second-order valence-corrected chi connectivity index (χ2v) is 6.82. The lowest BCUT2D eigenvalue weighted by atomic mass is 9.96. The van der Waals surface area contributed by atoms with E-state index in [4.69, 9.17) is 0 Å². The van der Waals surface area contributed by atoms with Crippen LogP contribution < -0.4 is 4.90 Å². The fraction of sp³-hybridized carbons (Fsp3) is 0.353. The van der Waals surface area contributed by atoms with Crippen molar-refractivity contribution in [1.82, 2.24) is 9.97 Å². The van der Waals surface area contributed by atoms with Crippen LogP contribution in [0.4, 0.5) is 5.69 Å². The van der Waals surface area contributed by atoms with Crippen molar-refractivity contribution in [2.24, 2.45) is 0 Å². The van der Waals surface area contributed by atoms with Gasteiger partial charge in [0, 0.05) is 24.1 Å². The van der Waals surface area contributed by atoms with E-state index in [1.54, 1.807) is 18.5 Å². The predicted octanol–water partition coefficient (Wildman–Crippen LogP) is 3.33. The number of amides is 1. The zero-order chi connectivity index (χ0) is 15.5. The number of para-hydroxylation sites is 1. The van der Waals surface area contributed by atoms with Crippen LogP contribution in [0, 0.1) is 0 Å². The molecule has 1 aromatic heterocycles. The van der Waals surface area contributed by atoms with Gasteiger partial charge >= 0.3 is 0 Å². The summed E-state index contributed by atoms with van der Waals surface area (Å²) in [5, 5.41) is 0.428. The topological polar surface area (TPSA) is 46.1 Å². The molecule has 0 saturated heterocycles. The van der Waals surface area contributed by atoms with Gasteiger partial charge in [-0.2, -0.15) is 0 Å². The molecule has 0 saturated carbocycles. The first-order valence-corrected chi connectivity index (χ1v) is 8.39. The van der Waals surface area contributed by atoms with E-state index in [0.29, 0.717) is 5.16 Å². The van der Waals surface area contributed by atoms with Gasteiger partial charge in [0.25, 0.3) is 0 Å². The third-order valence-corrected chi connectivity index (χ3v) is 4.91. The molecule has 22 heavy (non-hydrogen) atoms. The summed E-state index contributed by atoms with van der Waals surface area (Å²) in [6, 6.07) is 10.2. The Hall–Kier alpha value is -1.88. The van der Waals surface area contributed by atoms with Gasteiger partial charge in [-0.1, -0.05) is 30.0 Å². The Balaban J connectivity index is 1.82. The summed E-state index contributed by atoms with van der Waals surface area (Å²) in [7, 11) is 0. The molecule has 4 nitrogen and oxygen atoms in total. The van der Waals surface area contributed by atoms with Crippen molar-refractivity contribution in [2.45, 2.75) is 43.1 Å². The molecule has 0 unspecified atom stereocenters. The zero-order valence-corrected chi connectivity index (χ0v) is 13.6. The van der Waals surface area contributed by atoms with Crippen LogP contribution in [0.1, 0.15) is 25.8 Å². The highest BCUT2D eigenvalue weighted by Gasteiger charge is 2.31. The zero-order valence-electron chi connectivity index (χ0n) is 12.8. The van der Waals surface area contributed by atoms with E-state index in [9.17, 15) is 4.79 Å². The van der Waals surface area contributed by atoms with Crippen LogP contribution >= 0.6 is 11.8 Å². The summed E-state index contributed by atoms with van der Waals surface area (Å²) in [6.07, 6.45) is 5.43. The first kappa shape index (κ1) is 15.0. The minimum absolute atomic E-state index is 0.122. The minimum atomic E-state index is -0.212. The summed E-state index contributed by atoms with van der Waals surface area (Å²) in [4.78, 5) is 23.3. The number of fused-ring (bicyclic) bond motifs is 1. The number of aromatic nitrogens is 2. The second-order valence-electron chi connectivity index (χ2n) is 5.52. The summed E-state index contributed by atoms with van der Waals surface area (Å²) in [5.41, 5.74) is 2.30. The molecule has 1 amide bonds. The highest BCUT2D eigenvalue weighted by molar-refractivity contribution is 8.00. The van der Waals surface area contributed by atoms with Crippen molar-refractivity contribution >= 4 is 23.4 Å². The molecule has 1 aliphatic heterocycles.